The van der Waals surface area contributed by atoms with E-state index in [4.69, 9.17) is 4.98 Å². The van der Waals surface area contributed by atoms with E-state index in [1.54, 1.807) is 29.0 Å². The van der Waals surface area contributed by atoms with Crippen LogP contribution in [0.3, 0.4) is 0 Å². The number of nitriles is 1. The van der Waals surface area contributed by atoms with Gasteiger partial charge in [-0.05, 0) is 38.5 Å². The first-order valence-electron chi connectivity index (χ1n) is 9.53. The number of rotatable bonds is 3. The molecule has 3 heterocycles. The van der Waals surface area contributed by atoms with Crippen molar-refractivity contribution in [3.63, 3.8) is 0 Å². The van der Waals surface area contributed by atoms with Crippen LogP contribution < -0.4 is 11.0 Å². The number of benzene rings is 1. The van der Waals surface area contributed by atoms with Crippen molar-refractivity contribution in [2.45, 2.75) is 26.8 Å². The maximum Gasteiger partial charge on any atom is 0.250 e. The van der Waals surface area contributed by atoms with Gasteiger partial charge in [0.15, 0.2) is 11.2 Å². The first-order valence-corrected chi connectivity index (χ1v) is 9.53. The highest BCUT2D eigenvalue weighted by Crippen LogP contribution is 2.32. The normalized spacial score (nSPS) is 11.0. The Kier molecular flexibility index (Phi) is 4.76. The van der Waals surface area contributed by atoms with Gasteiger partial charge in [0.25, 0.3) is 5.56 Å². The van der Waals surface area contributed by atoms with Crippen LogP contribution in [0.2, 0.25) is 0 Å². The summed E-state index contributed by atoms with van der Waals surface area (Å²) in [7, 11) is 0. The third-order valence-corrected chi connectivity index (χ3v) is 5.06. The second kappa shape index (κ2) is 7.41. The second-order valence-corrected chi connectivity index (χ2v) is 7.31. The monoisotopic (exact) mass is 397 g/mol. The minimum absolute atomic E-state index is 0.0404. The maximum atomic E-state index is 12.4. The molecule has 0 fully saturated rings. The largest absolute Gasteiger partial charge is 0.345 e. The highest BCUT2D eigenvalue weighted by atomic mass is 16.1. The van der Waals surface area contributed by atoms with Crippen LogP contribution >= 0.6 is 0 Å². The fraction of sp³-hybridized carbons (Fsp3) is 0.174. The Bertz CT molecular complexity index is 1440. The van der Waals surface area contributed by atoms with Crippen LogP contribution in [0.25, 0.3) is 33.7 Å². The van der Waals surface area contributed by atoms with E-state index in [-0.39, 0.29) is 22.5 Å². The molecule has 1 aromatic carbocycles. The highest BCUT2D eigenvalue weighted by Gasteiger charge is 2.18. The predicted molar refractivity (Wildman–Crippen MR) is 115 cm³/mol. The van der Waals surface area contributed by atoms with Gasteiger partial charge in [0.05, 0.1) is 23.0 Å². The Balaban J connectivity index is 2.11. The summed E-state index contributed by atoms with van der Waals surface area (Å²) in [4.78, 5) is 36.9. The molecular formula is C23H19N5O2. The average molecular weight is 397 g/mol. The van der Waals surface area contributed by atoms with E-state index in [0.29, 0.717) is 28.2 Å². The van der Waals surface area contributed by atoms with Gasteiger partial charge in [-0.3, -0.25) is 9.59 Å². The minimum atomic E-state index is -0.247. The van der Waals surface area contributed by atoms with Gasteiger partial charge >= 0.3 is 0 Å². The van der Waals surface area contributed by atoms with Crippen LogP contribution in [0.15, 0.2) is 58.4 Å². The summed E-state index contributed by atoms with van der Waals surface area (Å²) >= 11 is 0. The zero-order valence-corrected chi connectivity index (χ0v) is 16.8. The molecule has 0 radical (unpaired) electrons. The molecule has 1 N–H and O–H groups in total. The smallest absolute Gasteiger partial charge is 0.250 e. The van der Waals surface area contributed by atoms with Crippen molar-refractivity contribution in [1.29, 1.82) is 5.26 Å². The van der Waals surface area contributed by atoms with Gasteiger partial charge in [-0.1, -0.05) is 12.1 Å². The Morgan fingerprint density at radius 2 is 1.87 bits per heavy atom. The molecule has 0 saturated carbocycles. The lowest BCUT2D eigenvalue weighted by atomic mass is 9.97. The van der Waals surface area contributed by atoms with E-state index in [0.717, 1.165) is 11.1 Å². The highest BCUT2D eigenvalue weighted by molar-refractivity contribution is 5.85. The lowest BCUT2D eigenvalue weighted by molar-refractivity contribution is 0.579. The van der Waals surface area contributed by atoms with Gasteiger partial charge in [0, 0.05) is 41.7 Å². The van der Waals surface area contributed by atoms with Gasteiger partial charge in [0.1, 0.15) is 0 Å². The zero-order chi connectivity index (χ0) is 21.4. The van der Waals surface area contributed by atoms with Gasteiger partial charge in [-0.25, -0.2) is 9.97 Å². The number of fused-ring (bicyclic) bond motifs is 1. The van der Waals surface area contributed by atoms with Crippen molar-refractivity contribution in [2.24, 2.45) is 0 Å². The first-order chi connectivity index (χ1) is 14.4. The first kappa shape index (κ1) is 19.3. The van der Waals surface area contributed by atoms with Crippen LogP contribution in [0, 0.1) is 18.3 Å². The fourth-order valence-electron chi connectivity index (χ4n) is 3.43. The fourth-order valence-corrected chi connectivity index (χ4v) is 3.43. The molecule has 4 aromatic rings. The molecule has 7 heteroatoms. The number of nitrogens with one attached hydrogen (secondary N) is 1. The quantitative estimate of drug-likeness (QED) is 0.569. The molecule has 0 saturated heterocycles. The number of aromatic amines is 1. The van der Waals surface area contributed by atoms with Crippen molar-refractivity contribution in [3.05, 3.63) is 80.5 Å². The summed E-state index contributed by atoms with van der Waals surface area (Å²) in [5.41, 5.74) is 3.93. The number of nitrogens with zero attached hydrogens (tertiary/aromatic N) is 4. The number of H-pyrrole nitrogens is 1. The van der Waals surface area contributed by atoms with E-state index in [9.17, 15) is 14.9 Å². The van der Waals surface area contributed by atoms with Crippen LogP contribution in [0.4, 0.5) is 0 Å². The van der Waals surface area contributed by atoms with E-state index in [1.807, 2.05) is 26.8 Å². The number of pyridine rings is 2. The number of hydrogen-bond donors (Lipinski definition) is 1. The van der Waals surface area contributed by atoms with Crippen molar-refractivity contribution < 1.29 is 0 Å². The van der Waals surface area contributed by atoms with Crippen LogP contribution in [0.1, 0.15) is 31.0 Å². The predicted octanol–water partition coefficient (Wildman–Crippen LogP) is 3.57. The Hall–Kier alpha value is -4.05. The molecule has 0 aliphatic carbocycles. The topological polar surface area (TPSA) is 104 Å². The molecule has 0 aliphatic heterocycles. The molecule has 0 amide bonds. The number of aromatic nitrogens is 4. The minimum Gasteiger partial charge on any atom is -0.345 e. The van der Waals surface area contributed by atoms with E-state index >= 15 is 0 Å². The molecule has 0 spiro atoms. The van der Waals surface area contributed by atoms with Crippen molar-refractivity contribution in [3.8, 4) is 28.6 Å². The van der Waals surface area contributed by atoms with Gasteiger partial charge < -0.3 is 9.55 Å². The molecule has 4 rings (SSSR count). The summed E-state index contributed by atoms with van der Waals surface area (Å²) in [6, 6.07) is 12.1. The third kappa shape index (κ3) is 3.18. The standard InChI is InChI=1S/C23H19N5O2/c1-13(2)28-12-16(7-8-19(28)30)20-21(17-6-4-5-15(11-24)14(17)3)27-23-22(26-20)18(29)9-10-25-23/h4-10,12-13H,1-3H3,(H,25,27,29). The van der Waals surface area contributed by atoms with E-state index < -0.39 is 0 Å². The van der Waals surface area contributed by atoms with Crippen LogP contribution in [0.5, 0.6) is 0 Å². The summed E-state index contributed by atoms with van der Waals surface area (Å²) in [6.07, 6.45) is 3.26. The summed E-state index contributed by atoms with van der Waals surface area (Å²) in [6.45, 7) is 5.69. The lowest BCUT2D eigenvalue weighted by Crippen LogP contribution is -2.20. The molecule has 0 bridgehead atoms. The van der Waals surface area contributed by atoms with Gasteiger partial charge in [0.2, 0.25) is 5.43 Å². The molecule has 7 nitrogen and oxygen atoms in total. The lowest BCUT2D eigenvalue weighted by Gasteiger charge is -2.15. The molecular weight excluding hydrogens is 378 g/mol. The van der Waals surface area contributed by atoms with E-state index in [1.165, 1.54) is 18.3 Å². The molecule has 3 aromatic heterocycles. The summed E-state index contributed by atoms with van der Waals surface area (Å²) in [5, 5.41) is 9.44. The molecule has 30 heavy (non-hydrogen) atoms. The van der Waals surface area contributed by atoms with Crippen LogP contribution in [-0.4, -0.2) is 19.5 Å². The Morgan fingerprint density at radius 1 is 1.07 bits per heavy atom. The van der Waals surface area contributed by atoms with E-state index in [2.05, 4.69) is 16.0 Å². The molecule has 0 unspecified atom stereocenters. The third-order valence-electron chi connectivity index (χ3n) is 5.06. The van der Waals surface area contributed by atoms with Crippen molar-refractivity contribution >= 4 is 11.2 Å². The Morgan fingerprint density at radius 3 is 2.60 bits per heavy atom. The molecule has 0 atom stereocenters. The number of hydrogen-bond acceptors (Lipinski definition) is 5. The second-order valence-electron chi connectivity index (χ2n) is 7.31. The van der Waals surface area contributed by atoms with Crippen LogP contribution in [-0.2, 0) is 0 Å². The zero-order valence-electron chi connectivity index (χ0n) is 16.8. The van der Waals surface area contributed by atoms with Crippen molar-refractivity contribution in [2.75, 3.05) is 0 Å². The average Bonchev–Trinajstić information content (AvgIpc) is 2.74. The summed E-state index contributed by atoms with van der Waals surface area (Å²) < 4.78 is 1.61. The summed E-state index contributed by atoms with van der Waals surface area (Å²) in [5.74, 6) is 0. The van der Waals surface area contributed by atoms with Gasteiger partial charge in [-0.15, -0.1) is 0 Å². The maximum absolute atomic E-state index is 12.4. The molecule has 148 valence electrons. The molecule has 0 aliphatic rings. The van der Waals surface area contributed by atoms with Gasteiger partial charge in [-0.2, -0.15) is 5.26 Å². The SMILES string of the molecule is Cc1c(C#N)cccc1-c1nc2[nH]ccc(=O)c2nc1-c1ccc(=O)n(C(C)C)c1. The van der Waals surface area contributed by atoms with Crippen molar-refractivity contribution in [1.82, 2.24) is 19.5 Å². The Labute approximate surface area is 172 Å².